The number of nitrogens with zero attached hydrogens (tertiary/aromatic N) is 1. The van der Waals surface area contributed by atoms with Crippen LogP contribution in [0.15, 0.2) is 24.4 Å². The maximum Gasteiger partial charge on any atom is 0.264 e. The SMILES string of the molecule is Cc1cnc(NC(=O)COc2ccc(Cl)cc2Cl)s1. The highest BCUT2D eigenvalue weighted by molar-refractivity contribution is 7.15. The summed E-state index contributed by atoms with van der Waals surface area (Å²) in [4.78, 5) is 16.7. The number of nitrogens with one attached hydrogen (secondary N) is 1. The molecule has 0 saturated heterocycles. The normalized spacial score (nSPS) is 10.3. The van der Waals surface area contributed by atoms with Crippen LogP contribution in [0, 0.1) is 6.92 Å². The first-order valence-corrected chi connectivity index (χ1v) is 6.92. The minimum atomic E-state index is -0.291. The molecule has 100 valence electrons. The molecular weight excluding hydrogens is 307 g/mol. The van der Waals surface area contributed by atoms with Crippen LogP contribution in [-0.2, 0) is 4.79 Å². The number of hydrogen-bond donors (Lipinski definition) is 1. The van der Waals surface area contributed by atoms with Crippen LogP contribution >= 0.6 is 34.5 Å². The van der Waals surface area contributed by atoms with E-state index >= 15 is 0 Å². The first-order valence-electron chi connectivity index (χ1n) is 5.35. The molecule has 0 aliphatic carbocycles. The average molecular weight is 317 g/mol. The third-order valence-electron chi connectivity index (χ3n) is 2.12. The zero-order chi connectivity index (χ0) is 13.8. The Morgan fingerprint density at radius 2 is 2.26 bits per heavy atom. The number of halogens is 2. The van der Waals surface area contributed by atoms with E-state index < -0.39 is 0 Å². The van der Waals surface area contributed by atoms with E-state index in [-0.39, 0.29) is 12.5 Å². The van der Waals surface area contributed by atoms with Crippen LogP contribution in [0.1, 0.15) is 4.88 Å². The number of hydrogen-bond acceptors (Lipinski definition) is 4. The quantitative estimate of drug-likeness (QED) is 0.934. The zero-order valence-electron chi connectivity index (χ0n) is 9.94. The fraction of sp³-hybridized carbons (Fsp3) is 0.167. The number of carbonyl (C=O) groups is 1. The van der Waals surface area contributed by atoms with Crippen LogP contribution in [0.5, 0.6) is 5.75 Å². The molecule has 1 N–H and O–H groups in total. The van der Waals surface area contributed by atoms with Gasteiger partial charge in [-0.1, -0.05) is 23.2 Å². The largest absolute Gasteiger partial charge is 0.482 e. The Balaban J connectivity index is 1.89. The maximum absolute atomic E-state index is 11.6. The molecule has 0 unspecified atom stereocenters. The molecule has 19 heavy (non-hydrogen) atoms. The van der Waals surface area contributed by atoms with Crippen LogP contribution in [0.4, 0.5) is 5.13 Å². The summed E-state index contributed by atoms with van der Waals surface area (Å²) in [6.07, 6.45) is 1.69. The predicted octanol–water partition coefficient (Wildman–Crippen LogP) is 3.78. The van der Waals surface area contributed by atoms with E-state index in [0.717, 1.165) is 4.88 Å². The number of benzene rings is 1. The fourth-order valence-corrected chi connectivity index (χ4v) is 2.45. The summed E-state index contributed by atoms with van der Waals surface area (Å²) in [5, 5.41) is 4.07. The van der Waals surface area contributed by atoms with Gasteiger partial charge in [0.25, 0.3) is 5.91 Å². The average Bonchev–Trinajstić information content (AvgIpc) is 2.73. The number of aryl methyl sites for hydroxylation is 1. The number of aromatic nitrogens is 1. The second-order valence-electron chi connectivity index (χ2n) is 3.69. The van der Waals surface area contributed by atoms with E-state index in [1.54, 1.807) is 24.4 Å². The minimum absolute atomic E-state index is 0.139. The molecule has 1 aromatic carbocycles. The Kier molecular flexibility index (Phi) is 4.63. The number of amides is 1. The maximum atomic E-state index is 11.6. The van der Waals surface area contributed by atoms with Gasteiger partial charge in [0.05, 0.1) is 5.02 Å². The molecule has 4 nitrogen and oxygen atoms in total. The van der Waals surface area contributed by atoms with Gasteiger partial charge >= 0.3 is 0 Å². The number of carbonyl (C=O) groups excluding carboxylic acids is 1. The van der Waals surface area contributed by atoms with Crippen molar-refractivity contribution in [2.24, 2.45) is 0 Å². The molecule has 2 aromatic rings. The van der Waals surface area contributed by atoms with Gasteiger partial charge in [-0.25, -0.2) is 4.98 Å². The molecule has 1 aromatic heterocycles. The zero-order valence-corrected chi connectivity index (χ0v) is 12.3. The molecule has 0 radical (unpaired) electrons. The Labute approximate surface area is 124 Å². The predicted molar refractivity (Wildman–Crippen MR) is 77.4 cm³/mol. The molecule has 0 fully saturated rings. The van der Waals surface area contributed by atoms with E-state index in [4.69, 9.17) is 27.9 Å². The van der Waals surface area contributed by atoms with Crippen LogP contribution in [0.3, 0.4) is 0 Å². The summed E-state index contributed by atoms with van der Waals surface area (Å²) in [7, 11) is 0. The van der Waals surface area contributed by atoms with Crippen molar-refractivity contribution in [3.63, 3.8) is 0 Å². The van der Waals surface area contributed by atoms with Crippen molar-refractivity contribution < 1.29 is 9.53 Å². The molecule has 0 atom stereocenters. The smallest absolute Gasteiger partial charge is 0.264 e. The van der Waals surface area contributed by atoms with Crippen molar-refractivity contribution in [2.75, 3.05) is 11.9 Å². The van der Waals surface area contributed by atoms with Crippen molar-refractivity contribution >= 4 is 45.6 Å². The van der Waals surface area contributed by atoms with Crippen molar-refractivity contribution in [2.45, 2.75) is 6.92 Å². The molecule has 0 bridgehead atoms. The third-order valence-corrected chi connectivity index (χ3v) is 3.48. The Bertz CT molecular complexity index is 601. The molecule has 0 aliphatic heterocycles. The minimum Gasteiger partial charge on any atom is -0.482 e. The standard InChI is InChI=1S/C12H10Cl2N2O2S/c1-7-5-15-12(19-7)16-11(17)6-18-10-3-2-8(13)4-9(10)14/h2-5H,6H2,1H3,(H,15,16,17). The van der Waals surface area contributed by atoms with E-state index in [0.29, 0.717) is 20.9 Å². The lowest BCUT2D eigenvalue weighted by Gasteiger charge is -2.07. The van der Waals surface area contributed by atoms with Gasteiger partial charge in [-0.15, -0.1) is 11.3 Å². The Hall–Kier alpha value is -1.30. The van der Waals surface area contributed by atoms with Gasteiger partial charge in [-0.2, -0.15) is 0 Å². The molecule has 7 heteroatoms. The Morgan fingerprint density at radius 1 is 1.47 bits per heavy atom. The van der Waals surface area contributed by atoms with Crippen molar-refractivity contribution in [1.82, 2.24) is 4.98 Å². The summed E-state index contributed by atoms with van der Waals surface area (Å²) in [6, 6.07) is 4.82. The van der Waals surface area contributed by atoms with Crippen LogP contribution in [-0.4, -0.2) is 17.5 Å². The second-order valence-corrected chi connectivity index (χ2v) is 5.77. The molecule has 0 spiro atoms. The van der Waals surface area contributed by atoms with Gasteiger partial charge in [0, 0.05) is 16.1 Å². The molecule has 0 saturated carbocycles. The van der Waals surface area contributed by atoms with Gasteiger partial charge in [-0.05, 0) is 25.1 Å². The highest BCUT2D eigenvalue weighted by Gasteiger charge is 2.08. The number of rotatable bonds is 4. The van der Waals surface area contributed by atoms with Gasteiger partial charge in [0.15, 0.2) is 11.7 Å². The summed E-state index contributed by atoms with van der Waals surface area (Å²) in [5.74, 6) is 0.122. The summed E-state index contributed by atoms with van der Waals surface area (Å²) in [5.41, 5.74) is 0. The lowest BCUT2D eigenvalue weighted by atomic mass is 10.3. The van der Waals surface area contributed by atoms with E-state index in [2.05, 4.69) is 10.3 Å². The summed E-state index contributed by atoms with van der Waals surface area (Å²) >= 11 is 13.1. The molecule has 1 heterocycles. The molecule has 0 aliphatic rings. The van der Waals surface area contributed by atoms with Gasteiger partial charge in [-0.3, -0.25) is 10.1 Å². The fourth-order valence-electron chi connectivity index (χ4n) is 1.30. The topological polar surface area (TPSA) is 51.2 Å². The highest BCUT2D eigenvalue weighted by Crippen LogP contribution is 2.27. The van der Waals surface area contributed by atoms with Crippen LogP contribution in [0.2, 0.25) is 10.0 Å². The van der Waals surface area contributed by atoms with Crippen LogP contribution < -0.4 is 10.1 Å². The van der Waals surface area contributed by atoms with Crippen molar-refractivity contribution in [3.05, 3.63) is 39.3 Å². The van der Waals surface area contributed by atoms with Crippen LogP contribution in [0.25, 0.3) is 0 Å². The summed E-state index contributed by atoms with van der Waals surface area (Å²) < 4.78 is 5.31. The van der Waals surface area contributed by atoms with E-state index in [1.165, 1.54) is 11.3 Å². The molecular formula is C12H10Cl2N2O2S. The van der Waals surface area contributed by atoms with Gasteiger partial charge in [0.1, 0.15) is 5.75 Å². The van der Waals surface area contributed by atoms with Gasteiger partial charge in [0.2, 0.25) is 0 Å². The summed E-state index contributed by atoms with van der Waals surface area (Å²) in [6.45, 7) is 1.78. The van der Waals surface area contributed by atoms with Crippen molar-refractivity contribution in [3.8, 4) is 5.75 Å². The monoisotopic (exact) mass is 316 g/mol. The second kappa shape index (κ2) is 6.23. The van der Waals surface area contributed by atoms with Gasteiger partial charge < -0.3 is 4.74 Å². The first kappa shape index (κ1) is 14.1. The number of ether oxygens (including phenoxy) is 1. The third kappa shape index (κ3) is 4.09. The van der Waals surface area contributed by atoms with Crippen molar-refractivity contribution in [1.29, 1.82) is 0 Å². The lowest BCUT2D eigenvalue weighted by Crippen LogP contribution is -2.20. The Morgan fingerprint density at radius 3 is 2.89 bits per heavy atom. The highest BCUT2D eigenvalue weighted by atomic mass is 35.5. The lowest BCUT2D eigenvalue weighted by molar-refractivity contribution is -0.118. The van der Waals surface area contributed by atoms with E-state index in [9.17, 15) is 4.79 Å². The molecule has 2 rings (SSSR count). The number of thiazole rings is 1. The van der Waals surface area contributed by atoms with E-state index in [1.807, 2.05) is 6.92 Å². The number of anilines is 1. The molecule has 1 amide bonds. The first-order chi connectivity index (χ1) is 9.04.